The van der Waals surface area contributed by atoms with Crippen molar-refractivity contribution in [3.63, 3.8) is 0 Å². The number of anilines is 1. The third kappa shape index (κ3) is 1.95. The second kappa shape index (κ2) is 4.07. The predicted octanol–water partition coefficient (Wildman–Crippen LogP) is 0.899. The van der Waals surface area contributed by atoms with E-state index in [4.69, 9.17) is 5.11 Å². The molecule has 0 fully saturated rings. The van der Waals surface area contributed by atoms with E-state index < -0.39 is 0 Å². The highest BCUT2D eigenvalue weighted by molar-refractivity contribution is 5.37. The lowest BCUT2D eigenvalue weighted by atomic mass is 10.3. The van der Waals surface area contributed by atoms with Crippen LogP contribution in [0.3, 0.4) is 0 Å². The molecule has 0 amide bonds. The molecule has 0 bridgehead atoms. The molecule has 0 spiro atoms. The molecule has 0 aromatic carbocycles. The molecule has 3 heteroatoms. The molecule has 1 atom stereocenters. The van der Waals surface area contributed by atoms with Gasteiger partial charge in [-0.1, -0.05) is 6.07 Å². The van der Waals surface area contributed by atoms with Gasteiger partial charge in [0.2, 0.25) is 0 Å². The summed E-state index contributed by atoms with van der Waals surface area (Å²) in [5, 5.41) is 8.90. The van der Waals surface area contributed by atoms with Crippen molar-refractivity contribution in [3.8, 4) is 0 Å². The highest BCUT2D eigenvalue weighted by atomic mass is 16.3. The Balaban J connectivity index is 2.71. The highest BCUT2D eigenvalue weighted by Crippen LogP contribution is 2.09. The minimum Gasteiger partial charge on any atom is -0.394 e. The van der Waals surface area contributed by atoms with E-state index in [0.29, 0.717) is 0 Å². The first kappa shape index (κ1) is 9.00. The van der Waals surface area contributed by atoms with Crippen LogP contribution < -0.4 is 4.90 Å². The van der Waals surface area contributed by atoms with Crippen molar-refractivity contribution in [2.75, 3.05) is 18.6 Å². The minimum absolute atomic E-state index is 0.111. The van der Waals surface area contributed by atoms with Crippen LogP contribution in [0.25, 0.3) is 0 Å². The molecule has 0 radical (unpaired) electrons. The van der Waals surface area contributed by atoms with Gasteiger partial charge in [-0.3, -0.25) is 0 Å². The van der Waals surface area contributed by atoms with Gasteiger partial charge >= 0.3 is 0 Å². The Hall–Kier alpha value is -1.09. The summed E-state index contributed by atoms with van der Waals surface area (Å²) >= 11 is 0. The van der Waals surface area contributed by atoms with Crippen molar-refractivity contribution in [3.05, 3.63) is 24.4 Å². The van der Waals surface area contributed by atoms with E-state index in [0.717, 1.165) is 5.82 Å². The summed E-state index contributed by atoms with van der Waals surface area (Å²) in [6.45, 7) is 2.10. The molecule has 1 heterocycles. The van der Waals surface area contributed by atoms with Crippen LogP contribution in [0.15, 0.2) is 24.4 Å². The third-order valence-corrected chi connectivity index (χ3v) is 1.94. The van der Waals surface area contributed by atoms with Crippen molar-refractivity contribution in [2.45, 2.75) is 13.0 Å². The smallest absolute Gasteiger partial charge is 0.128 e. The fourth-order valence-electron chi connectivity index (χ4n) is 0.911. The van der Waals surface area contributed by atoms with Crippen LogP contribution >= 0.6 is 0 Å². The van der Waals surface area contributed by atoms with Crippen LogP contribution in [-0.4, -0.2) is 29.8 Å². The summed E-state index contributed by atoms with van der Waals surface area (Å²) in [7, 11) is 1.92. The second-order valence-corrected chi connectivity index (χ2v) is 2.83. The first-order valence-corrected chi connectivity index (χ1v) is 4.00. The highest BCUT2D eigenvalue weighted by Gasteiger charge is 2.08. The molecule has 0 saturated heterocycles. The molecule has 1 aromatic rings. The van der Waals surface area contributed by atoms with E-state index in [2.05, 4.69) is 4.98 Å². The van der Waals surface area contributed by atoms with E-state index in [1.165, 1.54) is 0 Å². The number of aromatic nitrogens is 1. The SMILES string of the molecule is C[C@H](CO)N(C)c1ccccn1. The van der Waals surface area contributed by atoms with Crippen LogP contribution in [0, 0.1) is 0 Å². The lowest BCUT2D eigenvalue weighted by Crippen LogP contribution is -2.32. The van der Waals surface area contributed by atoms with Gasteiger partial charge in [0.15, 0.2) is 0 Å². The molecule has 0 aliphatic rings. The number of hydrogen-bond donors (Lipinski definition) is 1. The number of pyridine rings is 1. The maximum Gasteiger partial charge on any atom is 0.128 e. The van der Waals surface area contributed by atoms with Gasteiger partial charge in [-0.25, -0.2) is 4.98 Å². The predicted molar refractivity (Wildman–Crippen MR) is 49.2 cm³/mol. The van der Waals surface area contributed by atoms with Crippen LogP contribution in [0.4, 0.5) is 5.82 Å². The van der Waals surface area contributed by atoms with Gasteiger partial charge in [0.25, 0.3) is 0 Å². The van der Waals surface area contributed by atoms with Gasteiger partial charge in [0.1, 0.15) is 5.82 Å². The first-order valence-electron chi connectivity index (χ1n) is 4.00. The van der Waals surface area contributed by atoms with Crippen molar-refractivity contribution in [1.29, 1.82) is 0 Å². The Morgan fingerprint density at radius 3 is 2.83 bits per heavy atom. The fourth-order valence-corrected chi connectivity index (χ4v) is 0.911. The van der Waals surface area contributed by atoms with E-state index in [1.807, 2.05) is 37.1 Å². The van der Waals surface area contributed by atoms with E-state index in [-0.39, 0.29) is 12.6 Å². The largest absolute Gasteiger partial charge is 0.394 e. The second-order valence-electron chi connectivity index (χ2n) is 2.83. The molecule has 66 valence electrons. The average molecular weight is 166 g/mol. The van der Waals surface area contributed by atoms with Gasteiger partial charge in [0, 0.05) is 13.2 Å². The molecule has 0 unspecified atom stereocenters. The van der Waals surface area contributed by atoms with Crippen molar-refractivity contribution < 1.29 is 5.11 Å². The summed E-state index contributed by atoms with van der Waals surface area (Å²) in [5.41, 5.74) is 0. The number of rotatable bonds is 3. The first-order chi connectivity index (χ1) is 5.75. The van der Waals surface area contributed by atoms with Gasteiger partial charge in [0.05, 0.1) is 12.6 Å². The molecule has 1 aromatic heterocycles. The van der Waals surface area contributed by atoms with Crippen LogP contribution in [0.5, 0.6) is 0 Å². The van der Waals surface area contributed by atoms with Crippen molar-refractivity contribution >= 4 is 5.82 Å². The Bertz CT molecular complexity index is 225. The zero-order valence-corrected chi connectivity index (χ0v) is 7.44. The number of aliphatic hydroxyl groups excluding tert-OH is 1. The summed E-state index contributed by atoms with van der Waals surface area (Å²) in [6, 6.07) is 5.84. The zero-order valence-electron chi connectivity index (χ0n) is 7.44. The number of hydrogen-bond acceptors (Lipinski definition) is 3. The van der Waals surface area contributed by atoms with Gasteiger partial charge in [-0.2, -0.15) is 0 Å². The van der Waals surface area contributed by atoms with Crippen molar-refractivity contribution in [2.24, 2.45) is 0 Å². The molecular formula is C9H14N2O. The average Bonchev–Trinajstić information content (AvgIpc) is 2.17. The lowest BCUT2D eigenvalue weighted by molar-refractivity contribution is 0.270. The molecule has 3 nitrogen and oxygen atoms in total. The number of nitrogens with zero attached hydrogens (tertiary/aromatic N) is 2. The molecule has 12 heavy (non-hydrogen) atoms. The van der Waals surface area contributed by atoms with Crippen LogP contribution in [-0.2, 0) is 0 Å². The van der Waals surface area contributed by atoms with Gasteiger partial charge < -0.3 is 10.0 Å². The van der Waals surface area contributed by atoms with Crippen LogP contribution in [0.1, 0.15) is 6.92 Å². The summed E-state index contributed by atoms with van der Waals surface area (Å²) < 4.78 is 0. The Kier molecular flexibility index (Phi) is 3.05. The molecular weight excluding hydrogens is 152 g/mol. The Morgan fingerprint density at radius 1 is 1.58 bits per heavy atom. The van der Waals surface area contributed by atoms with E-state index >= 15 is 0 Å². The molecule has 0 aliphatic carbocycles. The third-order valence-electron chi connectivity index (χ3n) is 1.94. The summed E-state index contributed by atoms with van der Waals surface area (Å²) in [4.78, 5) is 6.11. The topological polar surface area (TPSA) is 36.4 Å². The van der Waals surface area contributed by atoms with Gasteiger partial charge in [-0.05, 0) is 19.1 Å². The Morgan fingerprint density at radius 2 is 2.33 bits per heavy atom. The van der Waals surface area contributed by atoms with E-state index in [1.54, 1.807) is 6.20 Å². The zero-order chi connectivity index (χ0) is 8.97. The number of aliphatic hydroxyl groups is 1. The molecule has 0 saturated carbocycles. The quantitative estimate of drug-likeness (QED) is 0.724. The maximum absolute atomic E-state index is 8.90. The number of likely N-dealkylation sites (N-methyl/N-ethyl adjacent to an activating group) is 1. The monoisotopic (exact) mass is 166 g/mol. The molecule has 1 rings (SSSR count). The summed E-state index contributed by atoms with van der Waals surface area (Å²) in [5.74, 6) is 0.888. The molecule has 1 N–H and O–H groups in total. The molecule has 0 aliphatic heterocycles. The van der Waals surface area contributed by atoms with Crippen molar-refractivity contribution in [1.82, 2.24) is 4.98 Å². The minimum atomic E-state index is 0.111. The van der Waals surface area contributed by atoms with Crippen LogP contribution in [0.2, 0.25) is 0 Å². The standard InChI is InChI=1S/C9H14N2O/c1-8(7-12)11(2)9-5-3-4-6-10-9/h3-6,8,12H,7H2,1-2H3/t8-/m1/s1. The van der Waals surface area contributed by atoms with Gasteiger partial charge in [-0.15, -0.1) is 0 Å². The Labute approximate surface area is 72.7 Å². The lowest BCUT2D eigenvalue weighted by Gasteiger charge is -2.23. The normalized spacial score (nSPS) is 12.6. The van der Waals surface area contributed by atoms with E-state index in [9.17, 15) is 0 Å². The summed E-state index contributed by atoms with van der Waals surface area (Å²) in [6.07, 6.45) is 1.75. The maximum atomic E-state index is 8.90. The fraction of sp³-hybridized carbons (Fsp3) is 0.444.